The minimum atomic E-state index is -4.67. The summed E-state index contributed by atoms with van der Waals surface area (Å²) in [5, 5.41) is 1.54. The van der Waals surface area contributed by atoms with Crippen LogP contribution in [0, 0.1) is 0 Å². The molecule has 0 amide bonds. The van der Waals surface area contributed by atoms with E-state index in [1.54, 1.807) is 32.0 Å². The van der Waals surface area contributed by atoms with Crippen molar-refractivity contribution in [3.63, 3.8) is 0 Å². The Labute approximate surface area is 190 Å². The second kappa shape index (κ2) is 7.79. The van der Waals surface area contributed by atoms with E-state index in [2.05, 4.69) is 9.97 Å². The number of benzene rings is 3. The third-order valence-corrected chi connectivity index (χ3v) is 5.77. The SMILES string of the molecule is CCOC(=O)c1ccc2[nH]c3c(C(F)(F)F)c4[nH]c5ccc(C(=O)OCC)cc5c4cc3c2c1. The molecule has 0 atom stereocenters. The Morgan fingerprint density at radius 2 is 1.18 bits per heavy atom. The van der Waals surface area contributed by atoms with E-state index < -0.39 is 23.7 Å². The summed E-state index contributed by atoms with van der Waals surface area (Å²) in [5.74, 6) is -1.11. The molecule has 2 heterocycles. The zero-order valence-electron chi connectivity index (χ0n) is 18.2. The number of esters is 2. The summed E-state index contributed by atoms with van der Waals surface area (Å²) in [6.45, 7) is 3.72. The van der Waals surface area contributed by atoms with Crippen LogP contribution in [0.1, 0.15) is 40.1 Å². The summed E-state index contributed by atoms with van der Waals surface area (Å²) < 4.78 is 53.1. The summed E-state index contributed by atoms with van der Waals surface area (Å²) in [5.41, 5.74) is 0.374. The van der Waals surface area contributed by atoms with Crippen LogP contribution in [0.5, 0.6) is 0 Å². The average Bonchev–Trinajstić information content (AvgIpc) is 3.33. The first kappa shape index (κ1) is 21.8. The molecule has 0 spiro atoms. The Kier molecular flexibility index (Phi) is 5.00. The van der Waals surface area contributed by atoms with E-state index in [0.717, 1.165) is 0 Å². The van der Waals surface area contributed by atoms with Crippen LogP contribution in [-0.2, 0) is 15.7 Å². The van der Waals surface area contributed by atoms with Crippen molar-refractivity contribution in [2.45, 2.75) is 20.0 Å². The average molecular weight is 468 g/mol. The van der Waals surface area contributed by atoms with Gasteiger partial charge in [0, 0.05) is 32.6 Å². The van der Waals surface area contributed by atoms with Gasteiger partial charge in [-0.05, 0) is 56.3 Å². The smallest absolute Gasteiger partial charge is 0.420 e. The maximum Gasteiger partial charge on any atom is 0.420 e. The number of H-pyrrole nitrogens is 2. The summed E-state index contributed by atoms with van der Waals surface area (Å²) in [6, 6.07) is 10.8. The zero-order chi connectivity index (χ0) is 24.2. The number of carbonyl (C=O) groups is 2. The molecule has 0 bridgehead atoms. The molecule has 0 aliphatic heterocycles. The number of hydrogen-bond donors (Lipinski definition) is 2. The number of aromatic nitrogens is 2. The van der Waals surface area contributed by atoms with Crippen LogP contribution in [-0.4, -0.2) is 35.1 Å². The van der Waals surface area contributed by atoms with Crippen LogP contribution in [0.15, 0.2) is 42.5 Å². The molecule has 9 heteroatoms. The van der Waals surface area contributed by atoms with Gasteiger partial charge < -0.3 is 19.4 Å². The minimum Gasteiger partial charge on any atom is -0.462 e. The van der Waals surface area contributed by atoms with Gasteiger partial charge in [-0.15, -0.1) is 0 Å². The lowest BCUT2D eigenvalue weighted by Gasteiger charge is -2.10. The van der Waals surface area contributed by atoms with Gasteiger partial charge in [-0.2, -0.15) is 13.2 Å². The van der Waals surface area contributed by atoms with Gasteiger partial charge in [0.25, 0.3) is 0 Å². The van der Waals surface area contributed by atoms with Gasteiger partial charge >= 0.3 is 18.1 Å². The molecule has 34 heavy (non-hydrogen) atoms. The molecule has 0 radical (unpaired) electrons. The molecule has 0 saturated heterocycles. The number of ether oxygens (including phenoxy) is 2. The normalized spacial score (nSPS) is 12.1. The van der Waals surface area contributed by atoms with Crippen LogP contribution in [0.3, 0.4) is 0 Å². The molecule has 0 aliphatic rings. The van der Waals surface area contributed by atoms with Crippen molar-refractivity contribution < 1.29 is 32.2 Å². The van der Waals surface area contributed by atoms with E-state index in [1.807, 2.05) is 0 Å². The fourth-order valence-electron chi connectivity index (χ4n) is 4.36. The number of carbonyl (C=O) groups excluding carboxylic acids is 2. The Bertz CT molecular complexity index is 1500. The van der Waals surface area contributed by atoms with E-state index in [-0.39, 0.29) is 35.4 Å². The lowest BCUT2D eigenvalue weighted by molar-refractivity contribution is -0.135. The maximum absolute atomic E-state index is 14.3. The van der Waals surface area contributed by atoms with E-state index in [0.29, 0.717) is 32.6 Å². The Hall–Kier alpha value is -4.01. The van der Waals surface area contributed by atoms with E-state index in [4.69, 9.17) is 9.47 Å². The van der Waals surface area contributed by atoms with Gasteiger partial charge in [0.1, 0.15) is 5.56 Å². The second-order valence-electron chi connectivity index (χ2n) is 7.81. The third-order valence-electron chi connectivity index (χ3n) is 5.77. The molecule has 0 fully saturated rings. The second-order valence-corrected chi connectivity index (χ2v) is 7.81. The van der Waals surface area contributed by atoms with Crippen molar-refractivity contribution in [3.05, 3.63) is 59.2 Å². The van der Waals surface area contributed by atoms with Crippen molar-refractivity contribution in [1.82, 2.24) is 9.97 Å². The summed E-state index contributed by atoms with van der Waals surface area (Å²) in [7, 11) is 0. The van der Waals surface area contributed by atoms with Gasteiger partial charge in [0.15, 0.2) is 0 Å². The van der Waals surface area contributed by atoms with Crippen molar-refractivity contribution in [2.75, 3.05) is 13.2 Å². The first-order chi connectivity index (χ1) is 16.2. The van der Waals surface area contributed by atoms with Crippen LogP contribution >= 0.6 is 0 Å². The summed E-state index contributed by atoms with van der Waals surface area (Å²) in [6.07, 6.45) is -4.67. The molecular formula is C25H19F3N2O4. The van der Waals surface area contributed by atoms with Gasteiger partial charge in [-0.25, -0.2) is 9.59 Å². The molecule has 2 N–H and O–H groups in total. The highest BCUT2D eigenvalue weighted by Crippen LogP contribution is 2.44. The summed E-state index contributed by atoms with van der Waals surface area (Å²) in [4.78, 5) is 30.2. The number of nitrogens with one attached hydrogen (secondary N) is 2. The highest BCUT2D eigenvalue weighted by Gasteiger charge is 2.37. The van der Waals surface area contributed by atoms with E-state index >= 15 is 0 Å². The standard InChI is InChI=1S/C25H19F3N2O4/c1-3-33-23(31)12-5-7-18-14(9-12)16-11-17-15-10-13(24(32)34-4-2)6-8-19(15)30-22(17)20(21(16)29-18)25(26,27)28/h5-11,29-30H,3-4H2,1-2H3. The minimum absolute atomic E-state index is 0.0896. The molecule has 5 rings (SSSR count). The van der Waals surface area contributed by atoms with Crippen LogP contribution in [0.2, 0.25) is 0 Å². The monoisotopic (exact) mass is 468 g/mol. The predicted octanol–water partition coefficient (Wildman–Crippen LogP) is 6.33. The summed E-state index contributed by atoms with van der Waals surface area (Å²) >= 11 is 0. The fraction of sp³-hybridized carbons (Fsp3) is 0.200. The molecule has 0 aliphatic carbocycles. The number of halogens is 3. The maximum atomic E-state index is 14.3. The van der Waals surface area contributed by atoms with Crippen LogP contribution < -0.4 is 0 Å². The molecule has 0 unspecified atom stereocenters. The van der Waals surface area contributed by atoms with Crippen LogP contribution in [0.25, 0.3) is 43.6 Å². The van der Waals surface area contributed by atoms with E-state index in [1.165, 1.54) is 24.3 Å². The molecule has 174 valence electrons. The molecule has 3 aromatic carbocycles. The van der Waals surface area contributed by atoms with Crippen LogP contribution in [0.4, 0.5) is 13.2 Å². The van der Waals surface area contributed by atoms with Crippen molar-refractivity contribution in [2.24, 2.45) is 0 Å². The first-order valence-corrected chi connectivity index (χ1v) is 10.7. The zero-order valence-corrected chi connectivity index (χ0v) is 18.2. The van der Waals surface area contributed by atoms with Gasteiger partial charge in [0.05, 0.1) is 35.4 Å². The Morgan fingerprint density at radius 1 is 0.735 bits per heavy atom. The van der Waals surface area contributed by atoms with Gasteiger partial charge in [0.2, 0.25) is 0 Å². The topological polar surface area (TPSA) is 84.2 Å². The number of fused-ring (bicyclic) bond motifs is 6. The lowest BCUT2D eigenvalue weighted by Crippen LogP contribution is -2.07. The third kappa shape index (κ3) is 3.35. The van der Waals surface area contributed by atoms with Crippen molar-refractivity contribution in [3.8, 4) is 0 Å². The molecular weight excluding hydrogens is 449 g/mol. The van der Waals surface area contributed by atoms with E-state index in [9.17, 15) is 22.8 Å². The number of hydrogen-bond acceptors (Lipinski definition) is 4. The highest BCUT2D eigenvalue weighted by molar-refractivity contribution is 6.20. The molecule has 2 aromatic heterocycles. The largest absolute Gasteiger partial charge is 0.462 e. The quantitative estimate of drug-likeness (QED) is 0.302. The highest BCUT2D eigenvalue weighted by atomic mass is 19.4. The number of aromatic amines is 2. The van der Waals surface area contributed by atoms with Gasteiger partial charge in [-0.1, -0.05) is 0 Å². The Morgan fingerprint density at radius 3 is 1.56 bits per heavy atom. The Balaban J connectivity index is 1.87. The molecule has 6 nitrogen and oxygen atoms in total. The fourth-order valence-corrected chi connectivity index (χ4v) is 4.36. The number of alkyl halides is 3. The number of rotatable bonds is 4. The lowest BCUT2D eigenvalue weighted by atomic mass is 10.0. The molecule has 0 saturated carbocycles. The molecule has 5 aromatic rings. The predicted molar refractivity (Wildman–Crippen MR) is 122 cm³/mol. The van der Waals surface area contributed by atoms with Crippen molar-refractivity contribution >= 4 is 55.6 Å². The van der Waals surface area contributed by atoms with Gasteiger partial charge in [-0.3, -0.25) is 0 Å². The first-order valence-electron chi connectivity index (χ1n) is 10.7. The van der Waals surface area contributed by atoms with Crippen molar-refractivity contribution in [1.29, 1.82) is 0 Å².